The van der Waals surface area contributed by atoms with Gasteiger partial charge in [0.05, 0.1) is 12.0 Å². The van der Waals surface area contributed by atoms with Gasteiger partial charge in [-0.3, -0.25) is 14.4 Å². The number of fused-ring (bicyclic) bond motifs is 1. The molecule has 148 valence electrons. The fourth-order valence-electron chi connectivity index (χ4n) is 3.02. The number of nitrogens with zero attached hydrogens (tertiary/aromatic N) is 2. The summed E-state index contributed by atoms with van der Waals surface area (Å²) in [4.78, 5) is 37.3. The van der Waals surface area contributed by atoms with Crippen LogP contribution in [0.5, 0.6) is 0 Å². The molecule has 0 unspecified atom stereocenters. The standard InChI is InChI=1S/C18H24N2O6S/c1-11(2)10-19(8-7-16(21)22)17(23)13-5-6-14-15(9-13)27(25,26)20(12(3)4)18(14)24/h5-6,9,11-12H,7-8,10H2,1-4H3,(H,21,22). The van der Waals surface area contributed by atoms with Crippen LogP contribution in [-0.2, 0) is 14.8 Å². The van der Waals surface area contributed by atoms with Crippen LogP contribution in [0.15, 0.2) is 23.1 Å². The first-order valence-electron chi connectivity index (χ1n) is 8.70. The highest BCUT2D eigenvalue weighted by Crippen LogP contribution is 2.32. The zero-order valence-corrected chi connectivity index (χ0v) is 16.6. The second kappa shape index (κ2) is 7.67. The molecule has 1 aliphatic rings. The van der Waals surface area contributed by atoms with Gasteiger partial charge in [0, 0.05) is 24.7 Å². The Morgan fingerprint density at radius 1 is 1.19 bits per heavy atom. The largest absolute Gasteiger partial charge is 0.481 e. The summed E-state index contributed by atoms with van der Waals surface area (Å²) in [5.74, 6) is -1.98. The minimum absolute atomic E-state index is 0.0211. The second-order valence-corrected chi connectivity index (χ2v) is 8.98. The van der Waals surface area contributed by atoms with E-state index in [1.807, 2.05) is 13.8 Å². The third-order valence-electron chi connectivity index (χ3n) is 4.13. The van der Waals surface area contributed by atoms with Crippen LogP contribution in [0.1, 0.15) is 54.8 Å². The van der Waals surface area contributed by atoms with Crippen LogP contribution in [0.4, 0.5) is 0 Å². The second-order valence-electron chi connectivity index (χ2n) is 7.20. The molecule has 27 heavy (non-hydrogen) atoms. The maximum Gasteiger partial charge on any atom is 0.305 e. The number of sulfonamides is 1. The first kappa shape index (κ1) is 20.9. The van der Waals surface area contributed by atoms with Gasteiger partial charge in [-0.2, -0.15) is 0 Å². The highest BCUT2D eigenvalue weighted by atomic mass is 32.2. The number of hydrogen-bond acceptors (Lipinski definition) is 5. The van der Waals surface area contributed by atoms with Crippen molar-refractivity contribution in [3.05, 3.63) is 29.3 Å². The molecule has 0 radical (unpaired) electrons. The fourth-order valence-corrected chi connectivity index (χ4v) is 4.81. The molecule has 0 atom stereocenters. The Hall–Kier alpha value is -2.42. The van der Waals surface area contributed by atoms with Gasteiger partial charge in [-0.25, -0.2) is 12.7 Å². The van der Waals surface area contributed by atoms with Crippen molar-refractivity contribution < 1.29 is 27.9 Å². The summed E-state index contributed by atoms with van der Waals surface area (Å²) < 4.78 is 26.2. The molecular weight excluding hydrogens is 372 g/mol. The van der Waals surface area contributed by atoms with Crippen LogP contribution < -0.4 is 0 Å². The molecule has 1 heterocycles. The van der Waals surface area contributed by atoms with Gasteiger partial charge in [0.1, 0.15) is 4.90 Å². The Kier molecular flexibility index (Phi) is 5.94. The lowest BCUT2D eigenvalue weighted by Gasteiger charge is -2.24. The third kappa shape index (κ3) is 4.13. The minimum Gasteiger partial charge on any atom is -0.481 e. The molecular formula is C18H24N2O6S. The summed E-state index contributed by atoms with van der Waals surface area (Å²) in [6.07, 6.45) is -0.207. The van der Waals surface area contributed by atoms with Crippen molar-refractivity contribution in [1.29, 1.82) is 0 Å². The van der Waals surface area contributed by atoms with Crippen molar-refractivity contribution in [2.45, 2.75) is 45.1 Å². The van der Waals surface area contributed by atoms with E-state index >= 15 is 0 Å². The quantitative estimate of drug-likeness (QED) is 0.752. The molecule has 2 rings (SSSR count). The molecule has 0 spiro atoms. The first-order chi connectivity index (χ1) is 12.5. The van der Waals surface area contributed by atoms with Gasteiger partial charge < -0.3 is 10.0 Å². The molecule has 1 aromatic rings. The first-order valence-corrected chi connectivity index (χ1v) is 10.1. The van der Waals surface area contributed by atoms with Gasteiger partial charge in [0.25, 0.3) is 21.8 Å². The number of rotatable bonds is 7. The van der Waals surface area contributed by atoms with Crippen LogP contribution >= 0.6 is 0 Å². The molecule has 0 fully saturated rings. The van der Waals surface area contributed by atoms with Gasteiger partial charge in [0.15, 0.2) is 0 Å². The molecule has 0 aliphatic carbocycles. The van der Waals surface area contributed by atoms with Gasteiger partial charge in [-0.1, -0.05) is 13.8 Å². The van der Waals surface area contributed by atoms with Crippen LogP contribution in [0.2, 0.25) is 0 Å². The molecule has 1 aromatic carbocycles. The van der Waals surface area contributed by atoms with Crippen LogP contribution in [0.3, 0.4) is 0 Å². The summed E-state index contributed by atoms with van der Waals surface area (Å²) in [6.45, 7) is 7.36. The lowest BCUT2D eigenvalue weighted by molar-refractivity contribution is -0.137. The van der Waals surface area contributed by atoms with Crippen LogP contribution in [0.25, 0.3) is 0 Å². The fraction of sp³-hybridized carbons (Fsp3) is 0.500. The topological polar surface area (TPSA) is 112 Å². The van der Waals surface area contributed by atoms with Gasteiger partial charge in [-0.05, 0) is 38.0 Å². The van der Waals surface area contributed by atoms with Crippen molar-refractivity contribution in [2.75, 3.05) is 13.1 Å². The lowest BCUT2D eigenvalue weighted by Crippen LogP contribution is -2.36. The summed E-state index contributed by atoms with van der Waals surface area (Å²) in [5.41, 5.74) is 0.156. The van der Waals surface area contributed by atoms with E-state index in [1.165, 1.54) is 23.1 Å². The van der Waals surface area contributed by atoms with Crippen molar-refractivity contribution in [1.82, 2.24) is 9.21 Å². The molecule has 0 bridgehead atoms. The lowest BCUT2D eigenvalue weighted by atomic mass is 10.1. The van der Waals surface area contributed by atoms with Crippen molar-refractivity contribution >= 4 is 27.8 Å². The van der Waals surface area contributed by atoms with E-state index in [0.717, 1.165) is 4.31 Å². The molecule has 8 nitrogen and oxygen atoms in total. The number of carbonyl (C=O) groups excluding carboxylic acids is 2. The van der Waals surface area contributed by atoms with E-state index in [4.69, 9.17) is 5.11 Å². The molecule has 9 heteroatoms. The van der Waals surface area contributed by atoms with Crippen LogP contribution in [0, 0.1) is 5.92 Å². The molecule has 1 N–H and O–H groups in total. The Bertz CT molecular complexity index is 876. The molecule has 0 saturated heterocycles. The number of carbonyl (C=O) groups is 3. The van der Waals surface area contributed by atoms with Crippen LogP contribution in [-0.4, -0.2) is 59.6 Å². The van der Waals surface area contributed by atoms with Crippen molar-refractivity contribution in [3.8, 4) is 0 Å². The SMILES string of the molecule is CC(C)CN(CCC(=O)O)C(=O)c1ccc2c(c1)S(=O)(=O)N(C(C)C)C2=O. The number of carboxylic acids is 1. The van der Waals surface area contributed by atoms with Gasteiger partial charge in [0.2, 0.25) is 0 Å². The highest BCUT2D eigenvalue weighted by Gasteiger charge is 2.43. The zero-order valence-electron chi connectivity index (χ0n) is 15.8. The van der Waals surface area contributed by atoms with Crippen molar-refractivity contribution in [3.63, 3.8) is 0 Å². The molecule has 2 amide bonds. The number of benzene rings is 1. The smallest absolute Gasteiger partial charge is 0.305 e. The minimum atomic E-state index is -4.01. The normalized spacial score (nSPS) is 15.3. The van der Waals surface area contributed by atoms with Crippen molar-refractivity contribution in [2.24, 2.45) is 5.92 Å². The average Bonchev–Trinajstić information content (AvgIpc) is 2.76. The van der Waals surface area contributed by atoms with E-state index in [1.54, 1.807) is 13.8 Å². The monoisotopic (exact) mass is 396 g/mol. The number of carboxylic acid groups (broad SMARTS) is 1. The average molecular weight is 396 g/mol. The summed E-state index contributed by atoms with van der Waals surface area (Å²) in [6, 6.07) is 3.42. The summed E-state index contributed by atoms with van der Waals surface area (Å²) >= 11 is 0. The third-order valence-corrected chi connectivity index (χ3v) is 6.13. The maximum absolute atomic E-state index is 12.8. The Morgan fingerprint density at radius 2 is 1.81 bits per heavy atom. The number of aliphatic carboxylic acids is 1. The maximum atomic E-state index is 12.8. The van der Waals surface area contributed by atoms with E-state index in [9.17, 15) is 22.8 Å². The van der Waals surface area contributed by atoms with E-state index in [0.29, 0.717) is 6.54 Å². The van der Waals surface area contributed by atoms with Gasteiger partial charge in [-0.15, -0.1) is 0 Å². The Morgan fingerprint density at radius 3 is 2.33 bits per heavy atom. The molecule has 0 aromatic heterocycles. The van der Waals surface area contributed by atoms with E-state index in [2.05, 4.69) is 0 Å². The summed E-state index contributed by atoms with van der Waals surface area (Å²) in [7, 11) is -4.01. The predicted octanol–water partition coefficient (Wildman–Crippen LogP) is 1.81. The molecule has 1 aliphatic heterocycles. The predicted molar refractivity (Wildman–Crippen MR) is 97.9 cm³/mol. The number of hydrogen-bond donors (Lipinski definition) is 1. The van der Waals surface area contributed by atoms with Gasteiger partial charge >= 0.3 is 5.97 Å². The Labute approximate surface area is 158 Å². The molecule has 0 saturated carbocycles. The number of amides is 2. The zero-order chi connectivity index (χ0) is 20.5. The van der Waals surface area contributed by atoms with E-state index in [-0.39, 0.29) is 34.9 Å². The summed E-state index contributed by atoms with van der Waals surface area (Å²) in [5, 5.41) is 8.89. The Balaban J connectivity index is 2.41. The van der Waals surface area contributed by atoms with E-state index < -0.39 is 33.8 Å². The highest BCUT2D eigenvalue weighted by molar-refractivity contribution is 7.90.